The van der Waals surface area contributed by atoms with E-state index in [1.54, 1.807) is 0 Å². The van der Waals surface area contributed by atoms with Gasteiger partial charge in [-0.1, -0.05) is 11.6 Å². The Hall–Kier alpha value is -0.890. The van der Waals surface area contributed by atoms with Gasteiger partial charge >= 0.3 is 0 Å². The molecule has 2 nitrogen and oxygen atoms in total. The van der Waals surface area contributed by atoms with E-state index in [1.807, 2.05) is 18.2 Å². The van der Waals surface area contributed by atoms with Crippen molar-refractivity contribution in [2.24, 2.45) is 0 Å². The second-order valence-corrected chi connectivity index (χ2v) is 3.97. The summed E-state index contributed by atoms with van der Waals surface area (Å²) in [5.74, 6) is 0. The Bertz CT molecular complexity index is 325. The molecule has 0 aliphatic carbocycles. The zero-order valence-electron chi connectivity index (χ0n) is 7.63. The maximum absolute atomic E-state index is 5.91. The second-order valence-electron chi connectivity index (χ2n) is 3.53. The highest BCUT2D eigenvalue weighted by molar-refractivity contribution is 6.31. The Labute approximate surface area is 83.3 Å². The summed E-state index contributed by atoms with van der Waals surface area (Å²) in [6.45, 7) is 3.29. The normalized spacial score (nSPS) is 21.4. The minimum Gasteiger partial charge on any atom is -0.397 e. The number of nitrogen functional groups attached to an aromatic ring is 1. The smallest absolute Gasteiger partial charge is 0.0617 e. The number of benzene rings is 1. The van der Waals surface area contributed by atoms with Crippen LogP contribution in [0.1, 0.15) is 13.3 Å². The van der Waals surface area contributed by atoms with Crippen LogP contribution in [0, 0.1) is 0 Å². The van der Waals surface area contributed by atoms with Gasteiger partial charge in [-0.3, -0.25) is 0 Å². The minimum absolute atomic E-state index is 0.598. The predicted molar refractivity (Wildman–Crippen MR) is 57.3 cm³/mol. The molecule has 0 amide bonds. The van der Waals surface area contributed by atoms with Gasteiger partial charge in [-0.05, 0) is 31.5 Å². The number of nitrogens with zero attached hydrogens (tertiary/aromatic N) is 1. The number of halogens is 1. The first-order valence-corrected chi connectivity index (χ1v) is 4.88. The standard InChI is InChI=1S/C10H13ClN2/c1-7-4-5-13(7)10-6-8(11)2-3-9(10)12/h2-3,6-7H,4-5,12H2,1H3. The number of rotatable bonds is 1. The lowest BCUT2D eigenvalue weighted by Gasteiger charge is -2.41. The average Bonchev–Trinajstić information content (AvgIpc) is 2.09. The predicted octanol–water partition coefficient (Wildman–Crippen LogP) is 2.52. The zero-order valence-corrected chi connectivity index (χ0v) is 8.38. The molecule has 1 saturated heterocycles. The summed E-state index contributed by atoms with van der Waals surface area (Å²) in [5, 5.41) is 0.753. The van der Waals surface area contributed by atoms with E-state index in [4.69, 9.17) is 17.3 Å². The number of hydrogen-bond acceptors (Lipinski definition) is 2. The lowest BCUT2D eigenvalue weighted by atomic mass is 10.0. The SMILES string of the molecule is CC1CCN1c1cc(Cl)ccc1N. The van der Waals surface area contributed by atoms with Crippen molar-refractivity contribution in [2.75, 3.05) is 17.2 Å². The summed E-state index contributed by atoms with van der Waals surface area (Å²) >= 11 is 5.91. The molecule has 0 bridgehead atoms. The van der Waals surface area contributed by atoms with Gasteiger partial charge in [-0.15, -0.1) is 0 Å². The van der Waals surface area contributed by atoms with Crippen molar-refractivity contribution in [3.8, 4) is 0 Å². The molecular weight excluding hydrogens is 184 g/mol. The molecule has 1 fully saturated rings. The molecule has 70 valence electrons. The molecule has 2 rings (SSSR count). The quantitative estimate of drug-likeness (QED) is 0.700. The highest BCUT2D eigenvalue weighted by Crippen LogP contribution is 2.33. The summed E-state index contributed by atoms with van der Waals surface area (Å²) < 4.78 is 0. The summed E-state index contributed by atoms with van der Waals surface area (Å²) in [7, 11) is 0. The van der Waals surface area contributed by atoms with Crippen LogP contribution in [-0.4, -0.2) is 12.6 Å². The van der Waals surface area contributed by atoms with Gasteiger partial charge in [0.05, 0.1) is 11.4 Å². The van der Waals surface area contributed by atoms with Crippen molar-refractivity contribution in [2.45, 2.75) is 19.4 Å². The van der Waals surface area contributed by atoms with Crippen LogP contribution >= 0.6 is 11.6 Å². The van der Waals surface area contributed by atoms with Crippen LogP contribution in [0.5, 0.6) is 0 Å². The number of nitrogens with two attached hydrogens (primary N) is 1. The fourth-order valence-corrected chi connectivity index (χ4v) is 1.81. The van der Waals surface area contributed by atoms with E-state index in [1.165, 1.54) is 6.42 Å². The van der Waals surface area contributed by atoms with E-state index in [2.05, 4.69) is 11.8 Å². The Morgan fingerprint density at radius 2 is 2.31 bits per heavy atom. The fraction of sp³-hybridized carbons (Fsp3) is 0.400. The summed E-state index contributed by atoms with van der Waals surface area (Å²) in [5.41, 5.74) is 7.75. The average molecular weight is 197 g/mol. The lowest BCUT2D eigenvalue weighted by molar-refractivity contribution is 0.482. The van der Waals surface area contributed by atoms with Gasteiger partial charge in [0.15, 0.2) is 0 Å². The van der Waals surface area contributed by atoms with Gasteiger partial charge in [0.25, 0.3) is 0 Å². The summed E-state index contributed by atoms with van der Waals surface area (Å²) in [4.78, 5) is 2.28. The summed E-state index contributed by atoms with van der Waals surface area (Å²) in [6, 6.07) is 6.22. The molecule has 1 atom stereocenters. The van der Waals surface area contributed by atoms with E-state index < -0.39 is 0 Å². The van der Waals surface area contributed by atoms with Crippen molar-refractivity contribution >= 4 is 23.0 Å². The maximum atomic E-state index is 5.91. The van der Waals surface area contributed by atoms with Crippen LogP contribution in [0.25, 0.3) is 0 Å². The highest BCUT2D eigenvalue weighted by atomic mass is 35.5. The van der Waals surface area contributed by atoms with Crippen molar-refractivity contribution in [3.05, 3.63) is 23.2 Å². The highest BCUT2D eigenvalue weighted by Gasteiger charge is 2.25. The van der Waals surface area contributed by atoms with Crippen molar-refractivity contribution in [1.29, 1.82) is 0 Å². The van der Waals surface area contributed by atoms with Gasteiger partial charge < -0.3 is 10.6 Å². The molecule has 1 aliphatic heterocycles. The van der Waals surface area contributed by atoms with Gasteiger partial charge in [-0.25, -0.2) is 0 Å². The first-order valence-electron chi connectivity index (χ1n) is 4.50. The van der Waals surface area contributed by atoms with E-state index in [0.717, 1.165) is 22.9 Å². The van der Waals surface area contributed by atoms with E-state index >= 15 is 0 Å². The van der Waals surface area contributed by atoms with Gasteiger partial charge in [-0.2, -0.15) is 0 Å². The van der Waals surface area contributed by atoms with Crippen molar-refractivity contribution in [3.63, 3.8) is 0 Å². The lowest BCUT2D eigenvalue weighted by Crippen LogP contribution is -2.46. The molecule has 1 aliphatic rings. The molecule has 0 radical (unpaired) electrons. The van der Waals surface area contributed by atoms with E-state index in [9.17, 15) is 0 Å². The van der Waals surface area contributed by atoms with Crippen LogP contribution < -0.4 is 10.6 Å². The maximum Gasteiger partial charge on any atom is 0.0617 e. The Morgan fingerprint density at radius 3 is 2.85 bits per heavy atom. The van der Waals surface area contributed by atoms with Gasteiger partial charge in [0, 0.05) is 17.6 Å². The van der Waals surface area contributed by atoms with Gasteiger partial charge in [0.2, 0.25) is 0 Å². The van der Waals surface area contributed by atoms with Crippen LogP contribution in [0.2, 0.25) is 5.02 Å². The Balaban J connectivity index is 2.33. The van der Waals surface area contributed by atoms with Crippen LogP contribution in [0.3, 0.4) is 0 Å². The third-order valence-corrected chi connectivity index (χ3v) is 2.86. The fourth-order valence-electron chi connectivity index (χ4n) is 1.64. The zero-order chi connectivity index (χ0) is 9.42. The molecule has 3 heteroatoms. The monoisotopic (exact) mass is 196 g/mol. The van der Waals surface area contributed by atoms with Crippen LogP contribution in [0.15, 0.2) is 18.2 Å². The third kappa shape index (κ3) is 1.46. The Morgan fingerprint density at radius 1 is 1.54 bits per heavy atom. The van der Waals surface area contributed by atoms with Crippen LogP contribution in [-0.2, 0) is 0 Å². The molecule has 13 heavy (non-hydrogen) atoms. The van der Waals surface area contributed by atoms with Crippen molar-refractivity contribution in [1.82, 2.24) is 0 Å². The minimum atomic E-state index is 0.598. The molecule has 1 unspecified atom stereocenters. The molecule has 0 spiro atoms. The van der Waals surface area contributed by atoms with Gasteiger partial charge in [0.1, 0.15) is 0 Å². The topological polar surface area (TPSA) is 29.3 Å². The molecule has 1 aromatic carbocycles. The molecule has 0 aromatic heterocycles. The molecule has 1 aromatic rings. The number of anilines is 2. The Kier molecular flexibility index (Phi) is 2.08. The molecule has 1 heterocycles. The first-order chi connectivity index (χ1) is 6.18. The molecule has 0 saturated carbocycles. The van der Waals surface area contributed by atoms with E-state index in [0.29, 0.717) is 6.04 Å². The van der Waals surface area contributed by atoms with E-state index in [-0.39, 0.29) is 0 Å². The van der Waals surface area contributed by atoms with Crippen molar-refractivity contribution < 1.29 is 0 Å². The number of hydrogen-bond donors (Lipinski definition) is 1. The molecule has 2 N–H and O–H groups in total. The third-order valence-electron chi connectivity index (χ3n) is 2.62. The second kappa shape index (κ2) is 3.11. The summed E-state index contributed by atoms with van der Waals surface area (Å²) in [6.07, 6.45) is 1.24. The largest absolute Gasteiger partial charge is 0.397 e. The molecular formula is C10H13ClN2. The first kappa shape index (κ1) is 8.70. The van der Waals surface area contributed by atoms with Crippen LogP contribution in [0.4, 0.5) is 11.4 Å².